The molecular formula is C24H18F3N3O3S. The fraction of sp³-hybridized carbons (Fsp3) is 0.208. The monoisotopic (exact) mass is 485 g/mol. The first kappa shape index (κ1) is 23.5. The van der Waals surface area contributed by atoms with E-state index in [4.69, 9.17) is 10.00 Å². The number of likely N-dealkylation sites (N-methyl/N-ethyl adjacent to an activating group) is 1. The van der Waals surface area contributed by atoms with Crippen LogP contribution in [0.3, 0.4) is 0 Å². The lowest BCUT2D eigenvalue weighted by Gasteiger charge is -2.32. The molecule has 4 rings (SSSR count). The number of halogens is 3. The Balaban J connectivity index is 1.73. The van der Waals surface area contributed by atoms with Gasteiger partial charge in [0, 0.05) is 12.6 Å². The van der Waals surface area contributed by atoms with Crippen LogP contribution in [0.5, 0.6) is 0 Å². The van der Waals surface area contributed by atoms with Gasteiger partial charge in [-0.1, -0.05) is 30.3 Å². The van der Waals surface area contributed by atoms with Gasteiger partial charge in [-0.25, -0.2) is 9.69 Å². The minimum atomic E-state index is -4.83. The van der Waals surface area contributed by atoms with Crippen molar-refractivity contribution in [3.8, 4) is 6.07 Å². The molecule has 0 aliphatic carbocycles. The van der Waals surface area contributed by atoms with Crippen LogP contribution in [0.4, 0.5) is 23.7 Å². The number of carbonyl (C=O) groups is 2. The van der Waals surface area contributed by atoms with E-state index in [0.717, 1.165) is 17.7 Å². The molecule has 1 aliphatic rings. The molecule has 0 N–H and O–H groups in total. The van der Waals surface area contributed by atoms with E-state index < -0.39 is 34.8 Å². The quantitative estimate of drug-likeness (QED) is 0.453. The molecule has 1 aliphatic heterocycles. The van der Waals surface area contributed by atoms with Crippen molar-refractivity contribution >= 4 is 29.0 Å². The molecule has 3 aromatic rings. The Labute approximate surface area is 197 Å². The van der Waals surface area contributed by atoms with Crippen LogP contribution in [-0.4, -0.2) is 30.5 Å². The number of nitrogens with zero attached hydrogens (tertiary/aromatic N) is 3. The third-order valence-corrected chi connectivity index (χ3v) is 6.40. The zero-order valence-corrected chi connectivity index (χ0v) is 18.7. The SMILES string of the molecule is CN1C(=O)N(c2ccc(C#N)c(C(F)(F)F)c2)C(=O)C1(COCc1ccccc1)c1ccsc1. The predicted molar refractivity (Wildman–Crippen MR) is 119 cm³/mol. The molecule has 1 aromatic heterocycles. The number of carbonyl (C=O) groups excluding carboxylic acids is 2. The second kappa shape index (κ2) is 8.93. The van der Waals surface area contributed by atoms with Crippen LogP contribution in [0.1, 0.15) is 22.3 Å². The predicted octanol–water partition coefficient (Wildman–Crippen LogP) is 5.15. The second-order valence-electron chi connectivity index (χ2n) is 7.67. The zero-order chi connectivity index (χ0) is 24.5. The number of alkyl halides is 3. The number of urea groups is 1. The zero-order valence-electron chi connectivity index (χ0n) is 17.9. The van der Waals surface area contributed by atoms with Crippen molar-refractivity contribution in [1.29, 1.82) is 5.26 Å². The number of hydrogen-bond acceptors (Lipinski definition) is 5. The number of rotatable bonds is 6. The fourth-order valence-corrected chi connectivity index (χ4v) is 4.63. The van der Waals surface area contributed by atoms with Gasteiger partial charge in [0.2, 0.25) is 0 Å². The Hall–Kier alpha value is -3.68. The van der Waals surface area contributed by atoms with Crippen molar-refractivity contribution in [1.82, 2.24) is 4.90 Å². The number of amides is 3. The second-order valence-corrected chi connectivity index (χ2v) is 8.45. The molecule has 1 fully saturated rings. The first-order chi connectivity index (χ1) is 16.2. The molecule has 0 radical (unpaired) electrons. The van der Waals surface area contributed by atoms with E-state index in [0.29, 0.717) is 16.5 Å². The van der Waals surface area contributed by atoms with Crippen molar-refractivity contribution in [2.75, 3.05) is 18.6 Å². The van der Waals surface area contributed by atoms with Crippen LogP contribution in [0, 0.1) is 11.3 Å². The number of benzene rings is 2. The maximum absolute atomic E-state index is 13.7. The van der Waals surface area contributed by atoms with E-state index in [1.165, 1.54) is 29.4 Å². The smallest absolute Gasteiger partial charge is 0.373 e. The summed E-state index contributed by atoms with van der Waals surface area (Å²) >= 11 is 1.32. The number of anilines is 1. The van der Waals surface area contributed by atoms with Gasteiger partial charge >= 0.3 is 12.2 Å². The molecule has 2 aromatic carbocycles. The summed E-state index contributed by atoms with van der Waals surface area (Å²) in [7, 11) is 1.41. The van der Waals surface area contributed by atoms with Crippen molar-refractivity contribution in [3.05, 3.63) is 87.6 Å². The van der Waals surface area contributed by atoms with Crippen LogP contribution in [0.2, 0.25) is 0 Å². The van der Waals surface area contributed by atoms with Gasteiger partial charge in [0.25, 0.3) is 5.91 Å². The summed E-state index contributed by atoms with van der Waals surface area (Å²) < 4.78 is 46.4. The first-order valence-electron chi connectivity index (χ1n) is 10.1. The highest BCUT2D eigenvalue weighted by molar-refractivity contribution is 7.08. The normalized spacial score (nSPS) is 18.4. The van der Waals surface area contributed by atoms with Crippen molar-refractivity contribution in [2.24, 2.45) is 0 Å². The van der Waals surface area contributed by atoms with Crippen LogP contribution in [-0.2, 0) is 27.9 Å². The molecule has 0 spiro atoms. The molecule has 1 unspecified atom stereocenters. The van der Waals surface area contributed by atoms with Crippen molar-refractivity contribution < 1.29 is 27.5 Å². The lowest BCUT2D eigenvalue weighted by Crippen LogP contribution is -2.48. The third-order valence-electron chi connectivity index (χ3n) is 5.72. The summed E-state index contributed by atoms with van der Waals surface area (Å²) in [6.45, 7) is -0.0181. The van der Waals surface area contributed by atoms with Gasteiger partial charge in [0.05, 0.1) is 36.1 Å². The van der Waals surface area contributed by atoms with Gasteiger partial charge in [0.1, 0.15) is 0 Å². The average molecular weight is 485 g/mol. The molecule has 1 atom stereocenters. The minimum Gasteiger partial charge on any atom is -0.373 e. The Kier molecular flexibility index (Phi) is 6.17. The van der Waals surface area contributed by atoms with Gasteiger partial charge in [-0.15, -0.1) is 0 Å². The standard InChI is InChI=1S/C24H18F3N3O3S/c1-29-22(32)30(19-8-7-17(12-28)20(11-19)24(25,26)27)21(31)23(29,18-9-10-34-14-18)15-33-13-16-5-3-2-4-6-16/h2-11,14H,13,15H2,1H3. The summed E-state index contributed by atoms with van der Waals surface area (Å²) in [5, 5.41) is 12.5. The molecule has 1 saturated heterocycles. The maximum atomic E-state index is 13.7. The molecule has 0 bridgehead atoms. The lowest BCUT2D eigenvalue weighted by atomic mass is 9.91. The molecule has 2 heterocycles. The first-order valence-corrected chi connectivity index (χ1v) is 11.0. The Morgan fingerprint density at radius 2 is 1.85 bits per heavy atom. The number of hydrogen-bond donors (Lipinski definition) is 0. The molecule has 3 amide bonds. The Bertz CT molecular complexity index is 1260. The number of imide groups is 1. The number of thiophene rings is 1. The molecule has 174 valence electrons. The summed E-state index contributed by atoms with van der Waals surface area (Å²) in [5.74, 6) is -0.732. The fourth-order valence-electron chi connectivity index (χ4n) is 3.91. The number of ether oxygens (including phenoxy) is 1. The summed E-state index contributed by atoms with van der Waals surface area (Å²) in [6, 6.07) is 14.4. The molecular weight excluding hydrogens is 467 g/mol. The molecule has 0 saturated carbocycles. The van der Waals surface area contributed by atoms with E-state index in [1.807, 2.05) is 30.3 Å². The molecule has 10 heteroatoms. The van der Waals surface area contributed by atoms with Gasteiger partial charge in [-0.3, -0.25) is 4.79 Å². The summed E-state index contributed by atoms with van der Waals surface area (Å²) in [6.07, 6.45) is -4.83. The Morgan fingerprint density at radius 1 is 1.12 bits per heavy atom. The maximum Gasteiger partial charge on any atom is 0.417 e. The summed E-state index contributed by atoms with van der Waals surface area (Å²) in [4.78, 5) is 28.9. The van der Waals surface area contributed by atoms with Crippen LogP contribution in [0.25, 0.3) is 0 Å². The van der Waals surface area contributed by atoms with Crippen LogP contribution in [0.15, 0.2) is 65.4 Å². The highest BCUT2D eigenvalue weighted by atomic mass is 32.1. The van der Waals surface area contributed by atoms with E-state index in [2.05, 4.69) is 0 Å². The summed E-state index contributed by atoms with van der Waals surface area (Å²) in [5.41, 5.74) is -2.28. The molecule has 6 nitrogen and oxygen atoms in total. The van der Waals surface area contributed by atoms with Gasteiger partial charge in [0.15, 0.2) is 5.54 Å². The van der Waals surface area contributed by atoms with E-state index in [-0.39, 0.29) is 18.9 Å². The third kappa shape index (κ3) is 3.93. The molecule has 34 heavy (non-hydrogen) atoms. The van der Waals surface area contributed by atoms with Crippen molar-refractivity contribution in [2.45, 2.75) is 18.3 Å². The van der Waals surface area contributed by atoms with Crippen LogP contribution >= 0.6 is 11.3 Å². The highest BCUT2D eigenvalue weighted by Gasteiger charge is 2.58. The van der Waals surface area contributed by atoms with Crippen LogP contribution < -0.4 is 4.90 Å². The largest absolute Gasteiger partial charge is 0.417 e. The van der Waals surface area contributed by atoms with E-state index in [1.54, 1.807) is 16.8 Å². The lowest BCUT2D eigenvalue weighted by molar-refractivity contribution is -0.137. The van der Waals surface area contributed by atoms with Gasteiger partial charge in [-0.2, -0.15) is 29.8 Å². The van der Waals surface area contributed by atoms with E-state index in [9.17, 15) is 22.8 Å². The van der Waals surface area contributed by atoms with E-state index >= 15 is 0 Å². The topological polar surface area (TPSA) is 73.6 Å². The minimum absolute atomic E-state index is 0.178. The van der Waals surface area contributed by atoms with Crippen molar-refractivity contribution in [3.63, 3.8) is 0 Å². The number of nitriles is 1. The Morgan fingerprint density at radius 3 is 2.47 bits per heavy atom. The van der Waals surface area contributed by atoms with Gasteiger partial charge in [-0.05, 0) is 40.6 Å². The average Bonchev–Trinajstić information content (AvgIpc) is 3.42. The highest BCUT2D eigenvalue weighted by Crippen LogP contribution is 2.42. The van der Waals surface area contributed by atoms with Gasteiger partial charge < -0.3 is 9.64 Å².